The molecular weight excluding hydrogens is 369 g/mol. The third kappa shape index (κ3) is 2.68. The highest BCUT2D eigenvalue weighted by molar-refractivity contribution is 14.1. The molecule has 1 unspecified atom stereocenters. The molecule has 0 bridgehead atoms. The van der Waals surface area contributed by atoms with E-state index >= 15 is 0 Å². The van der Waals surface area contributed by atoms with Crippen LogP contribution >= 0.6 is 34.2 Å². The summed E-state index contributed by atoms with van der Waals surface area (Å²) >= 11 is 8.18. The molecule has 94 valence electrons. The van der Waals surface area contributed by atoms with Crippen LogP contribution in [0.5, 0.6) is 0 Å². The lowest BCUT2D eigenvalue weighted by Gasteiger charge is -2.19. The van der Waals surface area contributed by atoms with Crippen molar-refractivity contribution in [2.45, 2.75) is 6.42 Å². The summed E-state index contributed by atoms with van der Waals surface area (Å²) in [5.41, 5.74) is 8.99. The second-order valence-electron chi connectivity index (χ2n) is 3.94. The average molecular weight is 378 g/mol. The highest BCUT2D eigenvalue weighted by Gasteiger charge is 2.32. The summed E-state index contributed by atoms with van der Waals surface area (Å²) in [6.45, 7) is 0.857. The number of rotatable bonds is 3. The fourth-order valence-corrected chi connectivity index (χ4v) is 3.10. The fourth-order valence-electron chi connectivity index (χ4n) is 1.93. The van der Waals surface area contributed by atoms with Crippen LogP contribution in [0.1, 0.15) is 6.42 Å². The molecule has 8 heteroatoms. The van der Waals surface area contributed by atoms with Crippen molar-refractivity contribution in [3.63, 3.8) is 0 Å². The first-order valence-corrected chi connectivity index (χ1v) is 6.69. The number of carbonyl (C=O) groups is 1. The molecule has 2 heterocycles. The van der Waals surface area contributed by atoms with Crippen LogP contribution in [0.25, 0.3) is 10.4 Å². The van der Waals surface area contributed by atoms with E-state index in [1.165, 1.54) is 6.20 Å². The zero-order valence-corrected chi connectivity index (χ0v) is 12.2. The number of amides is 1. The van der Waals surface area contributed by atoms with E-state index in [4.69, 9.17) is 17.1 Å². The minimum Gasteiger partial charge on any atom is -0.310 e. The first-order valence-electron chi connectivity index (χ1n) is 5.23. The Balaban J connectivity index is 2.24. The predicted octanol–water partition coefficient (Wildman–Crippen LogP) is 3.00. The topological polar surface area (TPSA) is 82.0 Å². The molecule has 6 nitrogen and oxygen atoms in total. The summed E-state index contributed by atoms with van der Waals surface area (Å²) in [6.07, 6.45) is 3.57. The van der Waals surface area contributed by atoms with Gasteiger partial charge in [0.25, 0.3) is 0 Å². The molecule has 1 saturated heterocycles. The van der Waals surface area contributed by atoms with E-state index in [2.05, 4.69) is 37.6 Å². The van der Waals surface area contributed by atoms with Gasteiger partial charge in [-0.1, -0.05) is 16.7 Å². The predicted molar refractivity (Wildman–Crippen MR) is 76.4 cm³/mol. The Kier molecular flexibility index (Phi) is 4.26. The Morgan fingerprint density at radius 2 is 2.44 bits per heavy atom. The number of halogens is 2. The second-order valence-corrected chi connectivity index (χ2v) is 5.51. The zero-order chi connectivity index (χ0) is 13.1. The molecule has 0 aromatic carbocycles. The molecule has 0 N–H and O–H groups in total. The molecule has 1 aromatic heterocycles. The molecule has 1 amide bonds. The molecule has 1 fully saturated rings. The van der Waals surface area contributed by atoms with E-state index in [1.54, 1.807) is 11.1 Å². The van der Waals surface area contributed by atoms with Gasteiger partial charge in [-0.3, -0.25) is 9.78 Å². The van der Waals surface area contributed by atoms with Crippen LogP contribution in [0, 0.1) is 9.49 Å². The van der Waals surface area contributed by atoms with E-state index in [9.17, 15) is 4.79 Å². The van der Waals surface area contributed by atoms with Gasteiger partial charge in [0.15, 0.2) is 0 Å². The molecule has 1 atom stereocenters. The number of hydrogen-bond donors (Lipinski definition) is 0. The van der Waals surface area contributed by atoms with Crippen LogP contribution in [-0.2, 0) is 4.79 Å². The number of carbonyl (C=O) groups excluding carboxylic acids is 1. The van der Waals surface area contributed by atoms with Gasteiger partial charge in [0, 0.05) is 36.8 Å². The van der Waals surface area contributed by atoms with Crippen molar-refractivity contribution in [1.82, 2.24) is 4.98 Å². The Bertz CT molecular complexity index is 511. The smallest absolute Gasteiger partial charge is 0.227 e. The van der Waals surface area contributed by atoms with E-state index in [-0.39, 0.29) is 11.8 Å². The molecule has 1 aliphatic rings. The van der Waals surface area contributed by atoms with Gasteiger partial charge in [-0.2, -0.15) is 0 Å². The zero-order valence-electron chi connectivity index (χ0n) is 9.25. The highest BCUT2D eigenvalue weighted by Crippen LogP contribution is 2.34. The molecule has 0 radical (unpaired) electrons. The van der Waals surface area contributed by atoms with Gasteiger partial charge in [-0.05, 0) is 34.0 Å². The van der Waals surface area contributed by atoms with Crippen LogP contribution in [0.3, 0.4) is 0 Å². The summed E-state index contributed by atoms with van der Waals surface area (Å²) in [4.78, 5) is 20.3. The lowest BCUT2D eigenvalue weighted by Crippen LogP contribution is -2.26. The summed E-state index contributed by atoms with van der Waals surface area (Å²) in [7, 11) is 0. The molecule has 0 aliphatic carbocycles. The maximum atomic E-state index is 12.0. The van der Waals surface area contributed by atoms with Gasteiger partial charge < -0.3 is 4.90 Å². The second kappa shape index (κ2) is 5.73. The van der Waals surface area contributed by atoms with E-state index < -0.39 is 0 Å². The summed E-state index contributed by atoms with van der Waals surface area (Å²) in [6, 6.07) is 0. The maximum absolute atomic E-state index is 12.0. The number of pyridine rings is 1. The molecule has 18 heavy (non-hydrogen) atoms. The summed E-state index contributed by atoms with van der Waals surface area (Å²) in [5.74, 6) is 0.0487. The minimum atomic E-state index is -0.000782. The van der Waals surface area contributed by atoms with Crippen molar-refractivity contribution in [2.24, 2.45) is 11.0 Å². The van der Waals surface area contributed by atoms with Crippen LogP contribution in [-0.4, -0.2) is 24.0 Å². The molecule has 0 spiro atoms. The van der Waals surface area contributed by atoms with Crippen LogP contribution in [0.4, 0.5) is 5.69 Å². The summed E-state index contributed by atoms with van der Waals surface area (Å²) in [5, 5.41) is 3.97. The standard InChI is InChI=1S/C10H9ClIN5O/c11-7-3-14-4-8(12)10(7)17-5-6(1-9(17)18)2-15-16-13/h3-4,6H,1-2,5H2. The monoisotopic (exact) mass is 377 g/mol. The van der Waals surface area contributed by atoms with E-state index in [0.717, 1.165) is 3.57 Å². The van der Waals surface area contributed by atoms with Gasteiger partial charge in [0.2, 0.25) is 5.91 Å². The lowest BCUT2D eigenvalue weighted by molar-refractivity contribution is -0.117. The first kappa shape index (κ1) is 13.4. The largest absolute Gasteiger partial charge is 0.310 e. The Morgan fingerprint density at radius 1 is 1.67 bits per heavy atom. The van der Waals surface area contributed by atoms with Crippen molar-refractivity contribution in [3.05, 3.63) is 31.4 Å². The molecule has 1 aromatic rings. The average Bonchev–Trinajstić information content (AvgIpc) is 2.68. The Hall–Kier alpha value is -1.05. The van der Waals surface area contributed by atoms with Gasteiger partial charge >= 0.3 is 0 Å². The SMILES string of the molecule is [N-]=[N+]=NCC1CC(=O)N(c2c(Cl)cncc2I)C1. The number of nitrogens with zero attached hydrogens (tertiary/aromatic N) is 5. The highest BCUT2D eigenvalue weighted by atomic mass is 127. The van der Waals surface area contributed by atoms with Crippen LogP contribution in [0.15, 0.2) is 17.5 Å². The fraction of sp³-hybridized carbons (Fsp3) is 0.400. The number of aromatic nitrogens is 1. The van der Waals surface area contributed by atoms with E-state index in [0.29, 0.717) is 30.2 Å². The lowest BCUT2D eigenvalue weighted by atomic mass is 10.1. The van der Waals surface area contributed by atoms with Crippen LogP contribution < -0.4 is 4.90 Å². The minimum absolute atomic E-state index is 0.000782. The van der Waals surface area contributed by atoms with Crippen molar-refractivity contribution >= 4 is 45.8 Å². The molecule has 0 saturated carbocycles. The van der Waals surface area contributed by atoms with Crippen molar-refractivity contribution < 1.29 is 4.79 Å². The van der Waals surface area contributed by atoms with Crippen LogP contribution in [0.2, 0.25) is 5.02 Å². The van der Waals surface area contributed by atoms with Gasteiger partial charge in [0.05, 0.1) is 14.3 Å². The van der Waals surface area contributed by atoms with Crippen molar-refractivity contribution in [1.29, 1.82) is 0 Å². The number of anilines is 1. The quantitative estimate of drug-likeness (QED) is 0.351. The number of azide groups is 1. The number of hydrogen-bond acceptors (Lipinski definition) is 3. The Morgan fingerprint density at radius 3 is 3.11 bits per heavy atom. The first-order chi connectivity index (χ1) is 8.63. The van der Waals surface area contributed by atoms with Gasteiger partial charge in [0.1, 0.15) is 0 Å². The molecule has 2 rings (SSSR count). The van der Waals surface area contributed by atoms with Gasteiger partial charge in [-0.15, -0.1) is 0 Å². The van der Waals surface area contributed by atoms with E-state index in [1.807, 2.05) is 0 Å². The third-order valence-corrected chi connectivity index (χ3v) is 3.77. The molecule has 1 aliphatic heterocycles. The Labute approximate surface area is 122 Å². The maximum Gasteiger partial charge on any atom is 0.227 e. The normalized spacial score (nSPS) is 18.9. The van der Waals surface area contributed by atoms with Gasteiger partial charge in [-0.25, -0.2) is 0 Å². The molecular formula is C10H9ClIN5O. The summed E-state index contributed by atoms with van der Waals surface area (Å²) < 4.78 is 0.831. The third-order valence-electron chi connectivity index (χ3n) is 2.71. The van der Waals surface area contributed by atoms with Crippen molar-refractivity contribution in [2.75, 3.05) is 18.0 Å². The van der Waals surface area contributed by atoms with Crippen molar-refractivity contribution in [3.8, 4) is 0 Å².